The summed E-state index contributed by atoms with van der Waals surface area (Å²) in [5.41, 5.74) is 0.113. The van der Waals surface area contributed by atoms with Gasteiger partial charge in [-0.25, -0.2) is 0 Å². The monoisotopic (exact) mass is 215 g/mol. The molecule has 0 aromatic carbocycles. The third-order valence-electron chi connectivity index (χ3n) is 1.70. The van der Waals surface area contributed by atoms with E-state index >= 15 is 0 Å². The van der Waals surface area contributed by atoms with Gasteiger partial charge < -0.3 is 0 Å². The van der Waals surface area contributed by atoms with Crippen LogP contribution < -0.4 is 0 Å². The lowest BCUT2D eigenvalue weighted by molar-refractivity contribution is -0.113. The lowest BCUT2D eigenvalue weighted by Gasteiger charge is -2.09. The number of rotatable bonds is 3. The van der Waals surface area contributed by atoms with Crippen LogP contribution in [0.2, 0.25) is 0 Å². The zero-order valence-electron chi connectivity index (χ0n) is 7.06. The standard InChI is InChI=1S/C8H7O5S/c9-4-3-6-1-2-7(10)5-8(6)14(11,12)13/h1,5H,2-3H2,(H,11,12,13). The molecule has 1 N–H and O–H groups in total. The van der Waals surface area contributed by atoms with E-state index in [9.17, 15) is 18.0 Å². The van der Waals surface area contributed by atoms with Gasteiger partial charge in [0.25, 0.3) is 10.1 Å². The Bertz CT molecular complexity index is 427. The highest BCUT2D eigenvalue weighted by Gasteiger charge is 2.22. The smallest absolute Gasteiger partial charge is 0.294 e. The van der Waals surface area contributed by atoms with Crippen LogP contribution in [0.15, 0.2) is 22.6 Å². The van der Waals surface area contributed by atoms with E-state index in [4.69, 9.17) is 4.55 Å². The quantitative estimate of drug-likeness (QED) is 0.677. The largest absolute Gasteiger partial charge is 0.294 e. The first-order chi connectivity index (χ1) is 6.45. The summed E-state index contributed by atoms with van der Waals surface area (Å²) in [5.74, 6) is -0.424. The molecule has 0 spiro atoms. The highest BCUT2D eigenvalue weighted by atomic mass is 32.2. The number of carbonyl (C=O) groups is 1. The van der Waals surface area contributed by atoms with Crippen LogP contribution in [-0.4, -0.2) is 25.0 Å². The van der Waals surface area contributed by atoms with Gasteiger partial charge in [-0.1, -0.05) is 6.08 Å². The summed E-state index contributed by atoms with van der Waals surface area (Å²) in [4.78, 5) is 20.4. The lowest BCUT2D eigenvalue weighted by atomic mass is 10.0. The minimum atomic E-state index is -4.44. The number of hydrogen-bond acceptors (Lipinski definition) is 4. The Labute approximate surface area is 80.9 Å². The van der Waals surface area contributed by atoms with Gasteiger partial charge in [-0.3, -0.25) is 14.1 Å². The zero-order valence-corrected chi connectivity index (χ0v) is 7.87. The molecule has 0 saturated carbocycles. The Morgan fingerprint density at radius 3 is 2.64 bits per heavy atom. The van der Waals surface area contributed by atoms with Crippen LogP contribution in [0, 0.1) is 0 Å². The van der Waals surface area contributed by atoms with E-state index < -0.39 is 20.8 Å². The van der Waals surface area contributed by atoms with Crippen molar-refractivity contribution in [3.8, 4) is 0 Å². The van der Waals surface area contributed by atoms with Gasteiger partial charge in [0, 0.05) is 18.9 Å². The molecule has 0 aromatic heterocycles. The molecule has 6 heteroatoms. The minimum Gasteiger partial charge on any atom is -0.294 e. The molecule has 0 unspecified atom stereocenters. The first-order valence-electron chi connectivity index (χ1n) is 3.71. The molecule has 14 heavy (non-hydrogen) atoms. The number of hydrogen-bond donors (Lipinski definition) is 1. The second kappa shape index (κ2) is 3.85. The molecule has 0 heterocycles. The fourth-order valence-corrected chi connectivity index (χ4v) is 1.87. The van der Waals surface area contributed by atoms with Crippen LogP contribution in [0.5, 0.6) is 0 Å². The topological polar surface area (TPSA) is 88.5 Å². The van der Waals surface area contributed by atoms with E-state index in [0.29, 0.717) is 0 Å². The first-order valence-corrected chi connectivity index (χ1v) is 5.15. The third kappa shape index (κ3) is 2.36. The summed E-state index contributed by atoms with van der Waals surface area (Å²) >= 11 is 0. The summed E-state index contributed by atoms with van der Waals surface area (Å²) in [6.07, 6.45) is 3.42. The van der Waals surface area contributed by atoms with Gasteiger partial charge >= 0.3 is 0 Å². The molecule has 1 rings (SSSR count). The highest BCUT2D eigenvalue weighted by molar-refractivity contribution is 7.90. The van der Waals surface area contributed by atoms with Gasteiger partial charge in [0.15, 0.2) is 5.78 Å². The van der Waals surface area contributed by atoms with Crippen LogP contribution in [0.4, 0.5) is 0 Å². The van der Waals surface area contributed by atoms with Gasteiger partial charge in [-0.05, 0) is 5.57 Å². The molecule has 0 bridgehead atoms. The lowest BCUT2D eigenvalue weighted by Crippen LogP contribution is -2.11. The number of allylic oxidation sites excluding steroid dienone is 3. The normalized spacial score (nSPS) is 17.4. The molecule has 0 aliphatic heterocycles. The number of carbonyl (C=O) groups excluding carboxylic acids is 2. The van der Waals surface area contributed by atoms with Crippen molar-refractivity contribution < 1.29 is 22.6 Å². The van der Waals surface area contributed by atoms with E-state index in [1.54, 1.807) is 0 Å². The molecule has 5 nitrogen and oxygen atoms in total. The second-order valence-corrected chi connectivity index (χ2v) is 4.09. The summed E-state index contributed by atoms with van der Waals surface area (Å²) in [6.45, 7) is 0. The Kier molecular flexibility index (Phi) is 2.97. The van der Waals surface area contributed by atoms with Gasteiger partial charge in [0.2, 0.25) is 6.29 Å². The van der Waals surface area contributed by atoms with Gasteiger partial charge in [-0.15, -0.1) is 0 Å². The van der Waals surface area contributed by atoms with E-state index in [-0.39, 0.29) is 18.4 Å². The van der Waals surface area contributed by atoms with Crippen molar-refractivity contribution in [2.75, 3.05) is 0 Å². The molecule has 75 valence electrons. The van der Waals surface area contributed by atoms with Crippen LogP contribution >= 0.6 is 0 Å². The van der Waals surface area contributed by atoms with Crippen LogP contribution in [0.3, 0.4) is 0 Å². The third-order valence-corrected chi connectivity index (χ3v) is 2.63. The van der Waals surface area contributed by atoms with Crippen LogP contribution in [-0.2, 0) is 19.7 Å². The Morgan fingerprint density at radius 1 is 1.50 bits per heavy atom. The van der Waals surface area contributed by atoms with Crippen molar-refractivity contribution in [2.24, 2.45) is 0 Å². The Balaban J connectivity index is 3.15. The SMILES string of the molecule is O=[C]CC1=CCC(=O)C=C1S(=O)(=O)O. The minimum absolute atomic E-state index is 0.0377. The second-order valence-electron chi connectivity index (χ2n) is 2.70. The summed E-state index contributed by atoms with van der Waals surface area (Å²) in [5, 5.41) is 0. The van der Waals surface area contributed by atoms with E-state index in [2.05, 4.69) is 0 Å². The van der Waals surface area contributed by atoms with Gasteiger partial charge in [-0.2, -0.15) is 8.42 Å². The van der Waals surface area contributed by atoms with Crippen LogP contribution in [0.1, 0.15) is 12.8 Å². The first kappa shape index (κ1) is 10.8. The van der Waals surface area contributed by atoms with Crippen molar-refractivity contribution in [2.45, 2.75) is 12.8 Å². The maximum Gasteiger partial charge on any atom is 0.294 e. The molecular formula is C8H7O5S. The maximum absolute atomic E-state index is 10.9. The molecule has 1 aliphatic carbocycles. The Hall–Kier alpha value is -1.27. The van der Waals surface area contributed by atoms with Gasteiger partial charge in [0.05, 0.1) is 0 Å². The predicted octanol–water partition coefficient (Wildman–Crippen LogP) is 0.157. The fraction of sp³-hybridized carbons (Fsp3) is 0.250. The molecule has 1 aliphatic rings. The zero-order chi connectivity index (χ0) is 10.8. The summed E-state index contributed by atoms with van der Waals surface area (Å²) < 4.78 is 30.3. The van der Waals surface area contributed by atoms with E-state index in [0.717, 1.165) is 6.08 Å². The van der Waals surface area contributed by atoms with Crippen molar-refractivity contribution in [1.29, 1.82) is 0 Å². The maximum atomic E-state index is 10.9. The molecule has 1 radical (unpaired) electrons. The van der Waals surface area contributed by atoms with Crippen molar-refractivity contribution in [1.82, 2.24) is 0 Å². The average Bonchev–Trinajstić information content (AvgIpc) is 2.07. The summed E-state index contributed by atoms with van der Waals surface area (Å²) in [6, 6.07) is 0. The highest BCUT2D eigenvalue weighted by Crippen LogP contribution is 2.23. The molecule has 0 fully saturated rings. The molecular weight excluding hydrogens is 208 g/mol. The molecule has 0 saturated heterocycles. The number of ketones is 1. The molecule has 0 amide bonds. The van der Waals surface area contributed by atoms with Crippen molar-refractivity contribution >= 4 is 22.2 Å². The van der Waals surface area contributed by atoms with Gasteiger partial charge in [0.1, 0.15) is 4.91 Å². The molecule has 0 atom stereocenters. The van der Waals surface area contributed by atoms with E-state index in [1.807, 2.05) is 0 Å². The predicted molar refractivity (Wildman–Crippen MR) is 47.6 cm³/mol. The summed E-state index contributed by atoms with van der Waals surface area (Å²) in [7, 11) is -4.44. The fourth-order valence-electron chi connectivity index (χ4n) is 1.10. The van der Waals surface area contributed by atoms with E-state index in [1.165, 1.54) is 12.4 Å². The molecule has 0 aromatic rings. The van der Waals surface area contributed by atoms with Crippen LogP contribution in [0.25, 0.3) is 0 Å². The van der Waals surface area contributed by atoms with Crippen molar-refractivity contribution in [3.05, 3.63) is 22.6 Å². The Morgan fingerprint density at radius 2 is 2.14 bits per heavy atom. The average molecular weight is 215 g/mol. The van der Waals surface area contributed by atoms with Crippen molar-refractivity contribution in [3.63, 3.8) is 0 Å².